The summed E-state index contributed by atoms with van der Waals surface area (Å²) in [5, 5.41) is 3.58. The van der Waals surface area contributed by atoms with Gasteiger partial charge in [0, 0.05) is 9.35 Å². The molecule has 0 spiro atoms. The van der Waals surface area contributed by atoms with Gasteiger partial charge in [0.15, 0.2) is 0 Å². The van der Waals surface area contributed by atoms with Crippen LogP contribution in [0.1, 0.15) is 46.6 Å². The Bertz CT molecular complexity index is 813. The molecule has 1 amide bonds. The van der Waals surface area contributed by atoms with E-state index in [0.717, 1.165) is 34.9 Å². The van der Waals surface area contributed by atoms with Crippen LogP contribution in [0.15, 0.2) is 28.7 Å². The number of fused-ring (bicyclic) bond motifs is 1. The molecule has 26 heavy (non-hydrogen) atoms. The van der Waals surface area contributed by atoms with Crippen molar-refractivity contribution in [3.8, 4) is 0 Å². The first-order chi connectivity index (χ1) is 12.5. The molecular formula is C20H22BrNO3S. The Morgan fingerprint density at radius 2 is 2.04 bits per heavy atom. The highest BCUT2D eigenvalue weighted by molar-refractivity contribution is 9.10. The zero-order valence-corrected chi connectivity index (χ0v) is 17.3. The van der Waals surface area contributed by atoms with Gasteiger partial charge in [0.1, 0.15) is 5.00 Å². The third-order valence-electron chi connectivity index (χ3n) is 4.52. The van der Waals surface area contributed by atoms with Crippen molar-refractivity contribution >= 4 is 44.1 Å². The summed E-state index contributed by atoms with van der Waals surface area (Å²) in [4.78, 5) is 26.2. The molecule has 0 fully saturated rings. The van der Waals surface area contributed by atoms with Gasteiger partial charge in [0.05, 0.1) is 18.6 Å². The number of esters is 1. The quantitative estimate of drug-likeness (QED) is 0.672. The van der Waals surface area contributed by atoms with Gasteiger partial charge in [-0.25, -0.2) is 4.79 Å². The van der Waals surface area contributed by atoms with Crippen LogP contribution in [0.3, 0.4) is 0 Å². The van der Waals surface area contributed by atoms with E-state index in [1.165, 1.54) is 16.2 Å². The molecule has 4 nitrogen and oxygen atoms in total. The summed E-state index contributed by atoms with van der Waals surface area (Å²) in [6, 6.07) is 7.66. The zero-order chi connectivity index (χ0) is 18.7. The van der Waals surface area contributed by atoms with Crippen molar-refractivity contribution in [1.29, 1.82) is 0 Å². The lowest BCUT2D eigenvalue weighted by Crippen LogP contribution is -2.17. The number of benzene rings is 1. The van der Waals surface area contributed by atoms with Gasteiger partial charge >= 0.3 is 5.97 Å². The van der Waals surface area contributed by atoms with E-state index >= 15 is 0 Å². The molecule has 0 aliphatic heterocycles. The Morgan fingerprint density at radius 3 is 2.73 bits per heavy atom. The first kappa shape index (κ1) is 19.1. The fourth-order valence-electron chi connectivity index (χ4n) is 3.22. The maximum Gasteiger partial charge on any atom is 0.341 e. The van der Waals surface area contributed by atoms with E-state index in [1.54, 1.807) is 6.92 Å². The molecule has 0 bridgehead atoms. The Morgan fingerprint density at radius 1 is 1.31 bits per heavy atom. The molecule has 0 saturated carbocycles. The number of carbonyl (C=O) groups is 2. The van der Waals surface area contributed by atoms with Crippen LogP contribution in [0.4, 0.5) is 5.00 Å². The lowest BCUT2D eigenvalue weighted by molar-refractivity contribution is -0.115. The Hall–Kier alpha value is -1.66. The standard InChI is InChI=1S/C20H22BrNO3S/c1-3-25-20(24)18-15-9-4-12(2)10-16(15)26-19(18)22-17(23)11-13-5-7-14(21)8-6-13/h5-8,12H,3-4,9-11H2,1-2H3,(H,22,23). The highest BCUT2D eigenvalue weighted by Crippen LogP contribution is 2.40. The molecule has 1 aliphatic carbocycles. The second-order valence-corrected chi connectivity index (χ2v) is 8.65. The maximum atomic E-state index is 12.5. The van der Waals surface area contributed by atoms with Crippen molar-refractivity contribution < 1.29 is 14.3 Å². The summed E-state index contributed by atoms with van der Waals surface area (Å²) in [5.41, 5.74) is 2.55. The topological polar surface area (TPSA) is 55.4 Å². The number of nitrogens with one attached hydrogen (secondary N) is 1. The molecule has 1 aromatic heterocycles. The Balaban J connectivity index is 1.82. The van der Waals surface area contributed by atoms with Crippen molar-refractivity contribution in [3.05, 3.63) is 50.3 Å². The number of hydrogen-bond donors (Lipinski definition) is 1. The average molecular weight is 436 g/mol. The number of halogens is 1. The van der Waals surface area contributed by atoms with Crippen LogP contribution in [-0.4, -0.2) is 18.5 Å². The SMILES string of the molecule is CCOC(=O)c1c(NC(=O)Cc2ccc(Br)cc2)sc2c1CCC(C)C2. The van der Waals surface area contributed by atoms with Crippen LogP contribution in [0.25, 0.3) is 0 Å². The fourth-order valence-corrected chi connectivity index (χ4v) is 4.90. The number of anilines is 1. The van der Waals surface area contributed by atoms with E-state index in [4.69, 9.17) is 4.74 Å². The summed E-state index contributed by atoms with van der Waals surface area (Å²) in [6.45, 7) is 4.34. The molecule has 1 aromatic carbocycles. The van der Waals surface area contributed by atoms with Crippen LogP contribution in [0.2, 0.25) is 0 Å². The normalized spacial score (nSPS) is 16.0. The van der Waals surface area contributed by atoms with E-state index in [-0.39, 0.29) is 18.3 Å². The minimum atomic E-state index is -0.335. The minimum Gasteiger partial charge on any atom is -0.462 e. The first-order valence-electron chi connectivity index (χ1n) is 8.83. The number of ether oxygens (including phenoxy) is 1. The van der Waals surface area contributed by atoms with Crippen molar-refractivity contribution in [3.63, 3.8) is 0 Å². The van der Waals surface area contributed by atoms with Crippen molar-refractivity contribution in [2.24, 2.45) is 5.92 Å². The van der Waals surface area contributed by atoms with Gasteiger partial charge in [-0.05, 0) is 55.4 Å². The monoisotopic (exact) mass is 435 g/mol. The Kier molecular flexibility index (Phi) is 6.14. The van der Waals surface area contributed by atoms with Gasteiger partial charge in [0.25, 0.3) is 0 Å². The second-order valence-electron chi connectivity index (χ2n) is 6.63. The van der Waals surface area contributed by atoms with Crippen molar-refractivity contribution in [1.82, 2.24) is 0 Å². The van der Waals surface area contributed by atoms with Crippen LogP contribution in [-0.2, 0) is 28.8 Å². The summed E-state index contributed by atoms with van der Waals surface area (Å²) in [6.07, 6.45) is 3.15. The van der Waals surface area contributed by atoms with Gasteiger partial charge in [-0.3, -0.25) is 4.79 Å². The third kappa shape index (κ3) is 4.35. The van der Waals surface area contributed by atoms with Gasteiger partial charge in [0.2, 0.25) is 5.91 Å². The third-order valence-corrected chi connectivity index (χ3v) is 6.22. The summed E-state index contributed by atoms with van der Waals surface area (Å²) in [5.74, 6) is 0.144. The number of hydrogen-bond acceptors (Lipinski definition) is 4. The molecule has 1 unspecified atom stereocenters. The minimum absolute atomic E-state index is 0.121. The van der Waals surface area contributed by atoms with Gasteiger partial charge < -0.3 is 10.1 Å². The highest BCUT2D eigenvalue weighted by Gasteiger charge is 2.29. The van der Waals surface area contributed by atoms with Crippen LogP contribution >= 0.6 is 27.3 Å². The number of rotatable bonds is 5. The Labute approximate surface area is 166 Å². The van der Waals surface area contributed by atoms with E-state index in [9.17, 15) is 9.59 Å². The van der Waals surface area contributed by atoms with Gasteiger partial charge in [-0.2, -0.15) is 0 Å². The molecule has 3 rings (SSSR count). The van der Waals surface area contributed by atoms with Crippen LogP contribution in [0, 0.1) is 5.92 Å². The summed E-state index contributed by atoms with van der Waals surface area (Å²) < 4.78 is 6.22. The van der Waals surface area contributed by atoms with Crippen LogP contribution in [0.5, 0.6) is 0 Å². The summed E-state index contributed by atoms with van der Waals surface area (Å²) >= 11 is 4.91. The number of carbonyl (C=O) groups excluding carboxylic acids is 2. The molecule has 0 saturated heterocycles. The maximum absolute atomic E-state index is 12.5. The second kappa shape index (κ2) is 8.35. The van der Waals surface area contributed by atoms with E-state index < -0.39 is 0 Å². The average Bonchev–Trinajstić information content (AvgIpc) is 2.93. The van der Waals surface area contributed by atoms with Crippen LogP contribution < -0.4 is 5.32 Å². The predicted molar refractivity (Wildman–Crippen MR) is 108 cm³/mol. The lowest BCUT2D eigenvalue weighted by Gasteiger charge is -2.18. The molecule has 1 heterocycles. The highest BCUT2D eigenvalue weighted by atomic mass is 79.9. The largest absolute Gasteiger partial charge is 0.462 e. The zero-order valence-electron chi connectivity index (χ0n) is 14.9. The molecule has 6 heteroatoms. The van der Waals surface area contributed by atoms with E-state index in [1.807, 2.05) is 24.3 Å². The lowest BCUT2D eigenvalue weighted by atomic mass is 9.88. The molecular weight excluding hydrogens is 414 g/mol. The molecule has 0 radical (unpaired) electrons. The first-order valence-corrected chi connectivity index (χ1v) is 10.4. The van der Waals surface area contributed by atoms with E-state index in [0.29, 0.717) is 23.1 Å². The predicted octanol–water partition coefficient (Wildman–Crippen LogP) is 4.99. The summed E-state index contributed by atoms with van der Waals surface area (Å²) in [7, 11) is 0. The molecule has 1 aliphatic rings. The van der Waals surface area contributed by atoms with Gasteiger partial charge in [-0.15, -0.1) is 11.3 Å². The van der Waals surface area contributed by atoms with E-state index in [2.05, 4.69) is 28.2 Å². The van der Waals surface area contributed by atoms with Crippen molar-refractivity contribution in [2.45, 2.75) is 39.5 Å². The molecule has 2 aromatic rings. The smallest absolute Gasteiger partial charge is 0.341 e. The molecule has 1 atom stereocenters. The van der Waals surface area contributed by atoms with Crippen molar-refractivity contribution in [2.75, 3.05) is 11.9 Å². The number of amides is 1. The fraction of sp³-hybridized carbons (Fsp3) is 0.400. The van der Waals surface area contributed by atoms with Gasteiger partial charge in [-0.1, -0.05) is 35.0 Å². The molecule has 1 N–H and O–H groups in total. The molecule has 138 valence electrons. The number of thiophene rings is 1.